The van der Waals surface area contributed by atoms with Crippen molar-refractivity contribution in [1.29, 1.82) is 0 Å². The number of carbonyl (C=O) groups excluding carboxylic acids is 1. The number of carbonyl (C=O) groups is 1. The van der Waals surface area contributed by atoms with Crippen molar-refractivity contribution in [3.63, 3.8) is 0 Å². The molecule has 1 aromatic rings. The molecule has 0 radical (unpaired) electrons. The van der Waals surface area contributed by atoms with E-state index in [0.29, 0.717) is 17.3 Å². The Morgan fingerprint density at radius 3 is 2.57 bits per heavy atom. The van der Waals surface area contributed by atoms with Crippen LogP contribution in [-0.2, 0) is 4.74 Å². The SMILES string of the molecule is CCCC(CC)N1CCN(c2ncc(C(=O)OC)cc2N)CC1. The molecule has 1 atom stereocenters. The van der Waals surface area contributed by atoms with E-state index in [2.05, 4.69) is 28.6 Å². The van der Waals surface area contributed by atoms with E-state index in [1.807, 2.05) is 0 Å². The van der Waals surface area contributed by atoms with Crippen molar-refractivity contribution in [1.82, 2.24) is 9.88 Å². The Bertz CT molecular complexity index is 527. The molecule has 1 aliphatic rings. The van der Waals surface area contributed by atoms with Gasteiger partial charge in [0.1, 0.15) is 0 Å². The van der Waals surface area contributed by atoms with Gasteiger partial charge >= 0.3 is 5.97 Å². The van der Waals surface area contributed by atoms with Crippen molar-refractivity contribution in [2.24, 2.45) is 0 Å². The average molecular weight is 320 g/mol. The lowest BCUT2D eigenvalue weighted by Gasteiger charge is -2.39. The van der Waals surface area contributed by atoms with Gasteiger partial charge in [-0.1, -0.05) is 20.3 Å². The fourth-order valence-electron chi connectivity index (χ4n) is 3.25. The summed E-state index contributed by atoms with van der Waals surface area (Å²) in [4.78, 5) is 20.7. The first kappa shape index (κ1) is 17.5. The van der Waals surface area contributed by atoms with E-state index in [-0.39, 0.29) is 0 Å². The fourth-order valence-corrected chi connectivity index (χ4v) is 3.25. The number of piperazine rings is 1. The molecule has 23 heavy (non-hydrogen) atoms. The normalized spacial score (nSPS) is 17.1. The van der Waals surface area contributed by atoms with Gasteiger partial charge in [0.2, 0.25) is 0 Å². The highest BCUT2D eigenvalue weighted by atomic mass is 16.5. The number of pyridine rings is 1. The number of esters is 1. The number of rotatable bonds is 6. The first-order chi connectivity index (χ1) is 11.1. The number of anilines is 2. The van der Waals surface area contributed by atoms with Gasteiger partial charge in [0.25, 0.3) is 0 Å². The Labute approximate surface area is 138 Å². The van der Waals surface area contributed by atoms with Crippen LogP contribution in [0, 0.1) is 0 Å². The molecule has 0 bridgehead atoms. The van der Waals surface area contributed by atoms with E-state index >= 15 is 0 Å². The molecule has 1 aromatic heterocycles. The molecule has 2 rings (SSSR count). The molecule has 1 saturated heterocycles. The van der Waals surface area contributed by atoms with Gasteiger partial charge in [-0.25, -0.2) is 9.78 Å². The van der Waals surface area contributed by atoms with Crippen LogP contribution in [0.5, 0.6) is 0 Å². The Morgan fingerprint density at radius 2 is 2.04 bits per heavy atom. The van der Waals surface area contributed by atoms with Crippen molar-refractivity contribution >= 4 is 17.5 Å². The number of hydrogen-bond acceptors (Lipinski definition) is 6. The van der Waals surface area contributed by atoms with Gasteiger partial charge in [-0.05, 0) is 18.9 Å². The molecule has 6 nitrogen and oxygen atoms in total. The summed E-state index contributed by atoms with van der Waals surface area (Å²) in [6, 6.07) is 2.32. The van der Waals surface area contributed by atoms with Crippen LogP contribution < -0.4 is 10.6 Å². The number of aromatic nitrogens is 1. The second-order valence-corrected chi connectivity index (χ2v) is 6.00. The molecule has 0 spiro atoms. The third-order valence-corrected chi connectivity index (χ3v) is 4.54. The largest absolute Gasteiger partial charge is 0.465 e. The molecular weight excluding hydrogens is 292 g/mol. The molecular formula is C17H28N4O2. The predicted molar refractivity (Wildman–Crippen MR) is 92.8 cm³/mol. The lowest BCUT2D eigenvalue weighted by Crippen LogP contribution is -2.50. The van der Waals surface area contributed by atoms with Crippen molar-refractivity contribution in [3.05, 3.63) is 17.8 Å². The second-order valence-electron chi connectivity index (χ2n) is 6.00. The number of ether oxygens (including phenoxy) is 1. The summed E-state index contributed by atoms with van der Waals surface area (Å²) in [5, 5.41) is 0. The lowest BCUT2D eigenvalue weighted by atomic mass is 10.1. The Balaban J connectivity index is 2.01. The van der Waals surface area contributed by atoms with Crippen LogP contribution in [0.2, 0.25) is 0 Å². The van der Waals surface area contributed by atoms with Gasteiger partial charge in [-0.3, -0.25) is 4.90 Å². The van der Waals surface area contributed by atoms with E-state index in [9.17, 15) is 4.79 Å². The van der Waals surface area contributed by atoms with Gasteiger partial charge in [0.05, 0.1) is 18.4 Å². The number of hydrogen-bond donors (Lipinski definition) is 1. The van der Waals surface area contributed by atoms with Gasteiger partial charge in [0.15, 0.2) is 5.82 Å². The zero-order valence-electron chi connectivity index (χ0n) is 14.4. The van der Waals surface area contributed by atoms with Gasteiger partial charge in [-0.2, -0.15) is 0 Å². The molecule has 1 aliphatic heterocycles. The maximum Gasteiger partial charge on any atom is 0.339 e. The molecule has 6 heteroatoms. The summed E-state index contributed by atoms with van der Waals surface area (Å²) in [6.45, 7) is 8.38. The maximum atomic E-state index is 11.5. The topological polar surface area (TPSA) is 71.7 Å². The number of nitrogens with zero attached hydrogens (tertiary/aromatic N) is 3. The Hall–Kier alpha value is -1.82. The third-order valence-electron chi connectivity index (χ3n) is 4.54. The minimum absolute atomic E-state index is 0.390. The third kappa shape index (κ3) is 4.13. The quantitative estimate of drug-likeness (QED) is 0.810. The van der Waals surface area contributed by atoms with Crippen molar-refractivity contribution < 1.29 is 9.53 Å². The highest BCUT2D eigenvalue weighted by molar-refractivity contribution is 5.90. The smallest absolute Gasteiger partial charge is 0.339 e. The van der Waals surface area contributed by atoms with Crippen LogP contribution in [0.25, 0.3) is 0 Å². The van der Waals surface area contributed by atoms with Crippen LogP contribution in [0.4, 0.5) is 11.5 Å². The van der Waals surface area contributed by atoms with Crippen molar-refractivity contribution in [3.8, 4) is 0 Å². The molecule has 0 amide bonds. The Morgan fingerprint density at radius 1 is 1.35 bits per heavy atom. The van der Waals surface area contributed by atoms with E-state index in [0.717, 1.165) is 32.0 Å². The van der Waals surface area contributed by atoms with Crippen LogP contribution in [-0.4, -0.2) is 55.2 Å². The molecule has 0 aromatic carbocycles. The summed E-state index contributed by atoms with van der Waals surface area (Å²) < 4.78 is 4.70. The number of nitrogens with two attached hydrogens (primary N) is 1. The molecule has 0 saturated carbocycles. The first-order valence-electron chi connectivity index (χ1n) is 8.43. The highest BCUT2D eigenvalue weighted by Crippen LogP contribution is 2.24. The molecule has 2 heterocycles. The van der Waals surface area contributed by atoms with Crippen molar-refractivity contribution in [2.45, 2.75) is 39.2 Å². The zero-order chi connectivity index (χ0) is 16.8. The van der Waals surface area contributed by atoms with E-state index in [1.54, 1.807) is 6.07 Å². The number of nitrogen functional groups attached to an aromatic ring is 1. The minimum Gasteiger partial charge on any atom is -0.465 e. The van der Waals surface area contributed by atoms with E-state index < -0.39 is 5.97 Å². The van der Waals surface area contributed by atoms with Crippen LogP contribution >= 0.6 is 0 Å². The van der Waals surface area contributed by atoms with Crippen LogP contribution in [0.3, 0.4) is 0 Å². The highest BCUT2D eigenvalue weighted by Gasteiger charge is 2.24. The molecule has 1 fully saturated rings. The standard InChI is InChI=1S/C17H28N4O2/c1-4-6-14(5-2)20-7-9-21(10-8-20)16-15(18)11-13(12-19-16)17(22)23-3/h11-12,14H,4-10,18H2,1-3H3. The zero-order valence-corrected chi connectivity index (χ0v) is 14.4. The van der Waals surface area contributed by atoms with Gasteiger partial charge in [0, 0.05) is 38.4 Å². The van der Waals surface area contributed by atoms with Crippen LogP contribution in [0.1, 0.15) is 43.5 Å². The van der Waals surface area contributed by atoms with E-state index in [1.165, 1.54) is 32.6 Å². The van der Waals surface area contributed by atoms with Crippen molar-refractivity contribution in [2.75, 3.05) is 43.9 Å². The maximum absolute atomic E-state index is 11.5. The Kier molecular flexibility index (Phi) is 6.21. The molecule has 128 valence electrons. The predicted octanol–water partition coefficient (Wildman–Crippen LogP) is 2.15. The monoisotopic (exact) mass is 320 g/mol. The summed E-state index contributed by atoms with van der Waals surface area (Å²) in [6.07, 6.45) is 5.21. The van der Waals surface area contributed by atoms with Gasteiger partial charge in [-0.15, -0.1) is 0 Å². The summed E-state index contributed by atoms with van der Waals surface area (Å²) in [7, 11) is 1.35. The molecule has 0 aliphatic carbocycles. The van der Waals surface area contributed by atoms with Gasteiger partial charge < -0.3 is 15.4 Å². The minimum atomic E-state index is -0.411. The second kappa shape index (κ2) is 8.15. The summed E-state index contributed by atoms with van der Waals surface area (Å²) in [5.74, 6) is 0.353. The summed E-state index contributed by atoms with van der Waals surface area (Å²) in [5.41, 5.74) is 7.01. The van der Waals surface area contributed by atoms with E-state index in [4.69, 9.17) is 10.5 Å². The molecule has 1 unspecified atom stereocenters. The average Bonchev–Trinajstić information content (AvgIpc) is 2.59. The summed E-state index contributed by atoms with van der Waals surface area (Å²) >= 11 is 0. The first-order valence-corrected chi connectivity index (χ1v) is 8.43. The lowest BCUT2D eigenvalue weighted by molar-refractivity contribution is 0.0600. The number of methoxy groups -OCH3 is 1. The molecule has 2 N–H and O–H groups in total. The fraction of sp³-hybridized carbons (Fsp3) is 0.647. The van der Waals surface area contributed by atoms with Crippen LogP contribution in [0.15, 0.2) is 12.3 Å².